The van der Waals surface area contributed by atoms with Crippen molar-refractivity contribution in [2.24, 2.45) is 0 Å². The Morgan fingerprint density at radius 1 is 1.25 bits per heavy atom. The molecule has 0 radical (unpaired) electrons. The lowest BCUT2D eigenvalue weighted by molar-refractivity contribution is -0.144. The number of thioether (sulfide) groups is 1. The molecular weight excluding hydrogens is 296 g/mol. The Kier molecular flexibility index (Phi) is 4.26. The van der Waals surface area contributed by atoms with Crippen molar-refractivity contribution in [3.05, 3.63) is 35.6 Å². The second-order valence-corrected chi connectivity index (χ2v) is 5.35. The third-order valence-electron chi connectivity index (χ3n) is 2.45. The molecule has 20 heavy (non-hydrogen) atoms. The fraction of sp³-hybridized carbons (Fsp3) is 0.364. The van der Waals surface area contributed by atoms with Crippen LogP contribution in [0.3, 0.4) is 0 Å². The number of rotatable bonds is 4. The highest BCUT2D eigenvalue weighted by atomic mass is 32.2. The average molecular weight is 306 g/mol. The minimum absolute atomic E-state index is 0.0687. The molecule has 0 aliphatic carbocycles. The van der Waals surface area contributed by atoms with Crippen molar-refractivity contribution >= 4 is 11.8 Å². The average Bonchev–Trinajstić information content (AvgIpc) is 2.75. The highest BCUT2D eigenvalue weighted by molar-refractivity contribution is 7.99. The molecule has 108 valence electrons. The predicted octanol–water partition coefficient (Wildman–Crippen LogP) is 3.23. The zero-order chi connectivity index (χ0) is 14.8. The molecule has 1 heterocycles. The Morgan fingerprint density at radius 2 is 1.90 bits per heavy atom. The summed E-state index contributed by atoms with van der Waals surface area (Å²) in [5, 5.41) is 10.0. The summed E-state index contributed by atoms with van der Waals surface area (Å²) in [6.45, 7) is 0.545. The van der Waals surface area contributed by atoms with Crippen molar-refractivity contribution in [1.82, 2.24) is 20.2 Å². The van der Waals surface area contributed by atoms with Gasteiger partial charge in [0.2, 0.25) is 5.16 Å². The molecule has 0 aliphatic rings. The second-order valence-electron chi connectivity index (χ2n) is 4.05. The molecule has 2 rings (SSSR count). The van der Waals surface area contributed by atoms with E-state index in [-0.39, 0.29) is 16.2 Å². The Morgan fingerprint density at radius 3 is 2.50 bits per heavy atom. The standard InChI is InChI=1S/C11H10F4N4S/c1-7(8-2-4-9(12)5-3-8)20-10-16-17-18-19(10)6-11(13,14)15/h2-5,7H,6H2,1H3/t7-/m1/s1. The van der Waals surface area contributed by atoms with Gasteiger partial charge in [-0.25, -0.2) is 9.07 Å². The summed E-state index contributed by atoms with van der Waals surface area (Å²) in [6, 6.07) is 5.74. The van der Waals surface area contributed by atoms with Crippen LogP contribution in [0.2, 0.25) is 0 Å². The summed E-state index contributed by atoms with van der Waals surface area (Å²) >= 11 is 1.08. The number of hydrogen-bond acceptors (Lipinski definition) is 4. The first-order valence-corrected chi connectivity index (χ1v) is 6.48. The smallest absolute Gasteiger partial charge is 0.211 e. The first kappa shape index (κ1) is 14.8. The number of nitrogens with zero attached hydrogens (tertiary/aromatic N) is 4. The molecule has 9 heteroatoms. The summed E-state index contributed by atoms with van der Waals surface area (Å²) < 4.78 is 50.5. The predicted molar refractivity (Wildman–Crippen MR) is 64.5 cm³/mol. The maximum absolute atomic E-state index is 12.8. The molecule has 1 aromatic carbocycles. The zero-order valence-corrected chi connectivity index (χ0v) is 11.1. The monoisotopic (exact) mass is 306 g/mol. The number of aromatic nitrogens is 4. The molecular formula is C11H10F4N4S. The normalized spacial score (nSPS) is 13.4. The third-order valence-corrected chi connectivity index (χ3v) is 3.58. The maximum Gasteiger partial charge on any atom is 0.408 e. The molecule has 0 amide bonds. The summed E-state index contributed by atoms with van der Waals surface area (Å²) in [4.78, 5) is 0. The SMILES string of the molecule is C[C@@H](Sc1nnnn1CC(F)(F)F)c1ccc(F)cc1. The van der Waals surface area contributed by atoms with Crippen LogP contribution in [0.4, 0.5) is 17.6 Å². The van der Waals surface area contributed by atoms with E-state index < -0.39 is 12.7 Å². The van der Waals surface area contributed by atoms with E-state index in [2.05, 4.69) is 15.5 Å². The molecule has 1 aromatic heterocycles. The van der Waals surface area contributed by atoms with Gasteiger partial charge in [0.05, 0.1) is 0 Å². The van der Waals surface area contributed by atoms with Crippen LogP contribution in [0.15, 0.2) is 29.4 Å². The van der Waals surface area contributed by atoms with Gasteiger partial charge in [-0.05, 0) is 35.0 Å². The van der Waals surface area contributed by atoms with Crippen LogP contribution in [0.1, 0.15) is 17.7 Å². The van der Waals surface area contributed by atoms with Crippen LogP contribution in [0, 0.1) is 5.82 Å². The van der Waals surface area contributed by atoms with E-state index in [9.17, 15) is 17.6 Å². The highest BCUT2D eigenvalue weighted by Gasteiger charge is 2.30. The molecule has 1 atom stereocenters. The first-order valence-electron chi connectivity index (χ1n) is 5.60. The summed E-state index contributed by atoms with van der Waals surface area (Å²) in [7, 11) is 0. The van der Waals surface area contributed by atoms with Crippen molar-refractivity contribution in [3.63, 3.8) is 0 Å². The van der Waals surface area contributed by atoms with Crippen LogP contribution >= 0.6 is 11.8 Å². The number of benzene rings is 1. The van der Waals surface area contributed by atoms with Gasteiger partial charge in [0.15, 0.2) is 0 Å². The molecule has 0 fully saturated rings. The van der Waals surface area contributed by atoms with Crippen LogP contribution in [-0.2, 0) is 6.54 Å². The van der Waals surface area contributed by atoms with Gasteiger partial charge < -0.3 is 0 Å². The molecule has 0 spiro atoms. The fourth-order valence-electron chi connectivity index (χ4n) is 1.51. The van der Waals surface area contributed by atoms with Crippen molar-refractivity contribution in [1.29, 1.82) is 0 Å². The molecule has 0 N–H and O–H groups in total. The summed E-state index contributed by atoms with van der Waals surface area (Å²) in [6.07, 6.45) is -4.39. The van der Waals surface area contributed by atoms with Crippen molar-refractivity contribution in [2.75, 3.05) is 0 Å². The highest BCUT2D eigenvalue weighted by Crippen LogP contribution is 2.33. The van der Waals surface area contributed by atoms with Gasteiger partial charge in [0, 0.05) is 5.25 Å². The van der Waals surface area contributed by atoms with Gasteiger partial charge in [0.1, 0.15) is 12.4 Å². The zero-order valence-electron chi connectivity index (χ0n) is 10.3. The van der Waals surface area contributed by atoms with Gasteiger partial charge in [0.25, 0.3) is 0 Å². The summed E-state index contributed by atoms with van der Waals surface area (Å²) in [5.74, 6) is -0.368. The molecule has 2 aromatic rings. The van der Waals surface area contributed by atoms with Gasteiger partial charge in [-0.3, -0.25) is 0 Å². The number of alkyl halides is 3. The lowest BCUT2D eigenvalue weighted by Crippen LogP contribution is -2.19. The van der Waals surface area contributed by atoms with Crippen molar-refractivity contribution in [3.8, 4) is 0 Å². The van der Waals surface area contributed by atoms with Crippen LogP contribution in [-0.4, -0.2) is 26.4 Å². The van der Waals surface area contributed by atoms with E-state index in [4.69, 9.17) is 0 Å². The molecule has 0 saturated heterocycles. The van der Waals surface area contributed by atoms with E-state index in [0.717, 1.165) is 17.3 Å². The van der Waals surface area contributed by atoms with Gasteiger partial charge >= 0.3 is 6.18 Å². The van der Waals surface area contributed by atoms with Crippen LogP contribution in [0.25, 0.3) is 0 Å². The largest absolute Gasteiger partial charge is 0.408 e. The van der Waals surface area contributed by atoms with E-state index in [1.54, 1.807) is 19.1 Å². The quantitative estimate of drug-likeness (QED) is 0.642. The van der Waals surface area contributed by atoms with E-state index in [1.165, 1.54) is 12.1 Å². The molecule has 0 saturated carbocycles. The first-order chi connectivity index (χ1) is 9.35. The molecule has 4 nitrogen and oxygen atoms in total. The topological polar surface area (TPSA) is 43.6 Å². The number of tetrazole rings is 1. The van der Waals surface area contributed by atoms with Gasteiger partial charge in [-0.2, -0.15) is 13.2 Å². The Hall–Kier alpha value is -1.64. The molecule has 0 unspecified atom stereocenters. The van der Waals surface area contributed by atoms with Crippen LogP contribution in [0.5, 0.6) is 0 Å². The fourth-order valence-corrected chi connectivity index (χ4v) is 2.43. The van der Waals surface area contributed by atoms with E-state index in [0.29, 0.717) is 4.68 Å². The number of hydrogen-bond donors (Lipinski definition) is 0. The lowest BCUT2D eigenvalue weighted by Gasteiger charge is -2.12. The molecule has 0 aliphatic heterocycles. The van der Waals surface area contributed by atoms with Gasteiger partial charge in [-0.1, -0.05) is 23.9 Å². The lowest BCUT2D eigenvalue weighted by atomic mass is 10.2. The van der Waals surface area contributed by atoms with Gasteiger partial charge in [-0.15, -0.1) is 5.10 Å². The van der Waals surface area contributed by atoms with E-state index in [1.807, 2.05) is 0 Å². The second kappa shape index (κ2) is 5.78. The summed E-state index contributed by atoms with van der Waals surface area (Å²) in [5.41, 5.74) is 0.776. The van der Waals surface area contributed by atoms with E-state index >= 15 is 0 Å². The Labute approximate surface area is 116 Å². The minimum Gasteiger partial charge on any atom is -0.211 e. The Bertz CT molecular complexity index is 567. The maximum atomic E-state index is 12.8. The van der Waals surface area contributed by atoms with Crippen LogP contribution < -0.4 is 0 Å². The Balaban J connectivity index is 2.10. The molecule has 0 bridgehead atoms. The third kappa shape index (κ3) is 3.92. The number of halogens is 4. The van der Waals surface area contributed by atoms with Crippen molar-refractivity contribution < 1.29 is 17.6 Å². The minimum atomic E-state index is -4.39. The van der Waals surface area contributed by atoms with Crippen molar-refractivity contribution in [2.45, 2.75) is 30.1 Å².